The number of likely N-dealkylation sites (N-methyl/N-ethyl adjacent to an activating group) is 1. The van der Waals surface area contributed by atoms with Gasteiger partial charge in [-0.25, -0.2) is 0 Å². The molecule has 1 aromatic heterocycles. The first-order chi connectivity index (χ1) is 12.2. The fourth-order valence-corrected chi connectivity index (χ4v) is 3.33. The zero-order chi connectivity index (χ0) is 17.5. The average Bonchev–Trinajstić information content (AvgIpc) is 3.09. The van der Waals surface area contributed by atoms with Crippen LogP contribution in [0.5, 0.6) is 5.75 Å². The van der Waals surface area contributed by atoms with Gasteiger partial charge in [0.05, 0.1) is 0 Å². The van der Waals surface area contributed by atoms with Gasteiger partial charge in [0, 0.05) is 31.9 Å². The number of para-hydroxylation sites is 1. The van der Waals surface area contributed by atoms with Crippen LogP contribution in [0.15, 0.2) is 48.7 Å². The van der Waals surface area contributed by atoms with Gasteiger partial charge in [0.1, 0.15) is 18.5 Å². The van der Waals surface area contributed by atoms with Gasteiger partial charge in [-0.3, -0.25) is 0 Å². The summed E-state index contributed by atoms with van der Waals surface area (Å²) >= 11 is 0. The summed E-state index contributed by atoms with van der Waals surface area (Å²) in [5.41, 5.74) is 0. The molecule has 0 unspecified atom stereocenters. The molecule has 0 radical (unpaired) electrons. The first-order valence-electron chi connectivity index (χ1n) is 8.81. The number of aromatic nitrogens is 2. The van der Waals surface area contributed by atoms with Crippen molar-refractivity contribution in [2.75, 3.05) is 38.2 Å². The summed E-state index contributed by atoms with van der Waals surface area (Å²) in [6.45, 7) is 2.78. The fourth-order valence-electron chi connectivity index (χ4n) is 3.33. The maximum Gasteiger partial charge on any atom is 0.151 e. The second-order valence-corrected chi connectivity index (χ2v) is 6.57. The monoisotopic (exact) mass is 342 g/mol. The molecular formula is C19H26N4O2. The molecule has 0 saturated carbocycles. The molecule has 3 rings (SSSR count). The molecule has 0 aliphatic carbocycles. The van der Waals surface area contributed by atoms with Crippen LogP contribution in [0, 0.1) is 0 Å². The van der Waals surface area contributed by atoms with E-state index in [1.807, 2.05) is 49.5 Å². The number of aliphatic hydroxyl groups excluding tert-OH is 1. The van der Waals surface area contributed by atoms with Gasteiger partial charge in [0.2, 0.25) is 0 Å². The Morgan fingerprint density at radius 1 is 1.28 bits per heavy atom. The number of hydrogen-bond acceptors (Lipinski definition) is 6. The lowest BCUT2D eigenvalue weighted by Crippen LogP contribution is -2.42. The van der Waals surface area contributed by atoms with Crippen molar-refractivity contribution in [3.8, 4) is 5.75 Å². The SMILES string of the molecule is CN(C[C@@H](O)COc1ccccc1)C[C@@H]1CCCN1c1cccnn1. The molecule has 1 N–H and O–H groups in total. The Labute approximate surface area is 149 Å². The number of anilines is 1. The van der Waals surface area contributed by atoms with Gasteiger partial charge in [0.15, 0.2) is 5.82 Å². The van der Waals surface area contributed by atoms with Gasteiger partial charge in [-0.1, -0.05) is 18.2 Å². The maximum atomic E-state index is 10.2. The van der Waals surface area contributed by atoms with Crippen LogP contribution in [-0.2, 0) is 0 Å². The third-order valence-corrected chi connectivity index (χ3v) is 4.46. The van der Waals surface area contributed by atoms with Crippen LogP contribution in [0.3, 0.4) is 0 Å². The van der Waals surface area contributed by atoms with Crippen molar-refractivity contribution >= 4 is 5.82 Å². The van der Waals surface area contributed by atoms with Gasteiger partial charge in [-0.15, -0.1) is 5.10 Å². The molecule has 1 aliphatic heterocycles. The molecule has 134 valence electrons. The van der Waals surface area contributed by atoms with Crippen molar-refractivity contribution in [2.45, 2.75) is 25.0 Å². The quantitative estimate of drug-likeness (QED) is 0.790. The smallest absolute Gasteiger partial charge is 0.151 e. The lowest BCUT2D eigenvalue weighted by molar-refractivity contribution is 0.0748. The highest BCUT2D eigenvalue weighted by atomic mass is 16.5. The number of hydrogen-bond donors (Lipinski definition) is 1. The van der Waals surface area contributed by atoms with Crippen LogP contribution in [0.4, 0.5) is 5.82 Å². The summed E-state index contributed by atoms with van der Waals surface area (Å²) in [5.74, 6) is 1.72. The Morgan fingerprint density at radius 2 is 2.12 bits per heavy atom. The Bertz CT molecular complexity index is 626. The van der Waals surface area contributed by atoms with Crippen molar-refractivity contribution in [3.63, 3.8) is 0 Å². The number of rotatable bonds is 8. The summed E-state index contributed by atoms with van der Waals surface area (Å²) in [7, 11) is 2.04. The Morgan fingerprint density at radius 3 is 2.88 bits per heavy atom. The first-order valence-corrected chi connectivity index (χ1v) is 8.81. The second-order valence-electron chi connectivity index (χ2n) is 6.57. The predicted octanol–water partition coefficient (Wildman–Crippen LogP) is 1.82. The van der Waals surface area contributed by atoms with Crippen LogP contribution in [0.2, 0.25) is 0 Å². The Kier molecular flexibility index (Phi) is 6.19. The van der Waals surface area contributed by atoms with Gasteiger partial charge in [0.25, 0.3) is 0 Å². The number of benzene rings is 1. The van der Waals surface area contributed by atoms with Gasteiger partial charge in [-0.2, -0.15) is 5.10 Å². The maximum absolute atomic E-state index is 10.2. The zero-order valence-electron chi connectivity index (χ0n) is 14.7. The van der Waals surface area contributed by atoms with Gasteiger partial charge in [-0.05, 0) is 44.2 Å². The van der Waals surface area contributed by atoms with E-state index in [0.29, 0.717) is 19.2 Å². The third-order valence-electron chi connectivity index (χ3n) is 4.46. The Balaban J connectivity index is 1.46. The molecule has 0 spiro atoms. The molecule has 1 fully saturated rings. The number of ether oxygens (including phenoxy) is 1. The molecule has 1 aromatic carbocycles. The van der Waals surface area contributed by atoms with Crippen LogP contribution in [0.25, 0.3) is 0 Å². The minimum absolute atomic E-state index is 0.299. The van der Waals surface area contributed by atoms with E-state index in [1.54, 1.807) is 6.20 Å². The van der Waals surface area contributed by atoms with Gasteiger partial charge < -0.3 is 19.6 Å². The highest BCUT2D eigenvalue weighted by Crippen LogP contribution is 2.23. The highest BCUT2D eigenvalue weighted by Gasteiger charge is 2.27. The predicted molar refractivity (Wildman–Crippen MR) is 97.8 cm³/mol. The highest BCUT2D eigenvalue weighted by molar-refractivity contribution is 5.39. The molecule has 1 saturated heterocycles. The van der Waals surface area contributed by atoms with Crippen molar-refractivity contribution in [3.05, 3.63) is 48.7 Å². The minimum Gasteiger partial charge on any atom is -0.491 e. The zero-order valence-corrected chi connectivity index (χ0v) is 14.7. The van der Waals surface area contributed by atoms with Crippen molar-refractivity contribution in [2.24, 2.45) is 0 Å². The molecule has 0 bridgehead atoms. The summed E-state index contributed by atoms with van der Waals surface area (Å²) in [5, 5.41) is 18.4. The van der Waals surface area contributed by atoms with E-state index < -0.39 is 6.10 Å². The van der Waals surface area contributed by atoms with E-state index in [1.165, 1.54) is 0 Å². The standard InChI is InChI=1S/C19H26N4O2/c1-22(14-17(24)15-25-18-8-3-2-4-9-18)13-16-7-6-12-23(16)19-10-5-11-20-21-19/h2-5,8-11,16-17,24H,6-7,12-15H2,1H3/t16-,17+/m0/s1. The van der Waals surface area contributed by atoms with Crippen LogP contribution in [-0.4, -0.2) is 65.6 Å². The van der Waals surface area contributed by atoms with Crippen molar-refractivity contribution < 1.29 is 9.84 Å². The lowest BCUT2D eigenvalue weighted by Gasteiger charge is -2.30. The first kappa shape index (κ1) is 17.6. The van der Waals surface area contributed by atoms with Crippen molar-refractivity contribution in [1.82, 2.24) is 15.1 Å². The van der Waals surface area contributed by atoms with E-state index >= 15 is 0 Å². The van der Waals surface area contributed by atoms with Crippen LogP contribution in [0.1, 0.15) is 12.8 Å². The summed E-state index contributed by atoms with van der Waals surface area (Å²) < 4.78 is 5.62. The lowest BCUT2D eigenvalue weighted by atomic mass is 10.2. The molecule has 2 atom stereocenters. The van der Waals surface area contributed by atoms with E-state index in [-0.39, 0.29) is 0 Å². The minimum atomic E-state index is -0.517. The molecule has 6 nitrogen and oxygen atoms in total. The van der Waals surface area contributed by atoms with Crippen LogP contribution < -0.4 is 9.64 Å². The summed E-state index contributed by atoms with van der Waals surface area (Å²) in [4.78, 5) is 4.48. The van der Waals surface area contributed by atoms with Crippen LogP contribution >= 0.6 is 0 Å². The molecule has 6 heteroatoms. The third kappa shape index (κ3) is 5.14. The molecule has 25 heavy (non-hydrogen) atoms. The van der Waals surface area contributed by atoms with E-state index in [2.05, 4.69) is 20.0 Å². The van der Waals surface area contributed by atoms with E-state index in [9.17, 15) is 5.11 Å². The van der Waals surface area contributed by atoms with E-state index in [0.717, 1.165) is 37.5 Å². The van der Waals surface area contributed by atoms with Crippen molar-refractivity contribution in [1.29, 1.82) is 0 Å². The molecule has 2 heterocycles. The topological polar surface area (TPSA) is 61.7 Å². The molecule has 1 aliphatic rings. The average molecular weight is 342 g/mol. The molecular weight excluding hydrogens is 316 g/mol. The summed E-state index contributed by atoms with van der Waals surface area (Å²) in [6.07, 6.45) is 3.48. The van der Waals surface area contributed by atoms with E-state index in [4.69, 9.17) is 4.74 Å². The fraction of sp³-hybridized carbons (Fsp3) is 0.474. The number of nitrogens with zero attached hydrogens (tertiary/aromatic N) is 4. The largest absolute Gasteiger partial charge is 0.491 e. The van der Waals surface area contributed by atoms with Gasteiger partial charge >= 0.3 is 0 Å². The summed E-state index contributed by atoms with van der Waals surface area (Å²) in [6, 6.07) is 13.9. The number of aliphatic hydroxyl groups is 1. The molecule has 0 amide bonds. The Hall–Kier alpha value is -2.18. The molecule has 2 aromatic rings. The normalized spacial score (nSPS) is 18.5. The second kappa shape index (κ2) is 8.78.